The van der Waals surface area contributed by atoms with Gasteiger partial charge in [0.1, 0.15) is 5.75 Å². The van der Waals surface area contributed by atoms with Crippen LogP contribution in [0.2, 0.25) is 5.02 Å². The Labute approximate surface area is 149 Å². The Morgan fingerprint density at radius 2 is 1.75 bits per heavy atom. The highest BCUT2D eigenvalue weighted by molar-refractivity contribution is 9.11. The van der Waals surface area contributed by atoms with Crippen LogP contribution in [0.5, 0.6) is 5.75 Å². The minimum Gasteiger partial charge on any atom is -0.496 e. The Morgan fingerprint density at radius 3 is 2.40 bits per heavy atom. The van der Waals surface area contributed by atoms with Gasteiger partial charge in [0.2, 0.25) is 0 Å². The molecule has 0 heterocycles. The quantitative estimate of drug-likeness (QED) is 0.444. The molecular weight excluding hydrogens is 471 g/mol. The van der Waals surface area contributed by atoms with Crippen LogP contribution in [0.1, 0.15) is 21.5 Å². The second-order valence-electron chi connectivity index (χ2n) is 4.37. The summed E-state index contributed by atoms with van der Waals surface area (Å²) in [6, 6.07) is 9.86. The molecule has 106 valence electrons. The highest BCUT2D eigenvalue weighted by Gasteiger charge is 2.19. The summed E-state index contributed by atoms with van der Waals surface area (Å²) in [6.07, 6.45) is 0. The Morgan fingerprint density at radius 1 is 1.05 bits per heavy atom. The second kappa shape index (κ2) is 6.82. The van der Waals surface area contributed by atoms with Crippen LogP contribution in [0.25, 0.3) is 0 Å². The number of benzene rings is 2. The lowest BCUT2D eigenvalue weighted by Crippen LogP contribution is -1.99. The zero-order chi connectivity index (χ0) is 14.9. The summed E-state index contributed by atoms with van der Waals surface area (Å²) in [4.78, 5) is 0.0148. The van der Waals surface area contributed by atoms with Gasteiger partial charge < -0.3 is 4.74 Å². The summed E-state index contributed by atoms with van der Waals surface area (Å²) in [6.45, 7) is 2.06. The SMILES string of the molecule is COc1cc(Cl)ccc1C(Br)c1cc(Br)c(C)cc1Br. The number of aryl methyl sites for hydroxylation is 1. The minimum atomic E-state index is 0.0148. The summed E-state index contributed by atoms with van der Waals surface area (Å²) in [5.74, 6) is 0.767. The van der Waals surface area contributed by atoms with Gasteiger partial charge >= 0.3 is 0 Å². The van der Waals surface area contributed by atoms with E-state index < -0.39 is 0 Å². The molecule has 0 aromatic heterocycles. The Hall–Kier alpha value is -0.0300. The van der Waals surface area contributed by atoms with E-state index >= 15 is 0 Å². The van der Waals surface area contributed by atoms with E-state index in [0.29, 0.717) is 5.02 Å². The van der Waals surface area contributed by atoms with Crippen molar-refractivity contribution in [2.24, 2.45) is 0 Å². The third-order valence-corrected chi connectivity index (χ3v) is 5.78. The topological polar surface area (TPSA) is 9.23 Å². The summed E-state index contributed by atoms with van der Waals surface area (Å²) in [7, 11) is 1.65. The molecule has 0 bridgehead atoms. The number of halogens is 4. The molecule has 0 amide bonds. The van der Waals surface area contributed by atoms with Gasteiger partial charge in [0.05, 0.1) is 11.9 Å². The third-order valence-electron chi connectivity index (χ3n) is 3.02. The molecule has 2 aromatic carbocycles. The number of alkyl halides is 1. The lowest BCUT2D eigenvalue weighted by molar-refractivity contribution is 0.410. The standard InChI is InChI=1S/C15H12Br3ClO/c1-8-5-13(17)11(7-12(8)16)15(18)10-4-3-9(19)6-14(10)20-2/h3-7,15H,1-2H3. The molecular formula is C15H12Br3ClO. The maximum absolute atomic E-state index is 6.01. The first-order valence-electron chi connectivity index (χ1n) is 5.87. The molecule has 0 radical (unpaired) electrons. The summed E-state index contributed by atoms with van der Waals surface area (Å²) < 4.78 is 7.55. The van der Waals surface area contributed by atoms with Crippen molar-refractivity contribution in [1.82, 2.24) is 0 Å². The summed E-state index contributed by atoms with van der Waals surface area (Å²) in [5.41, 5.74) is 3.35. The lowest BCUT2D eigenvalue weighted by Gasteiger charge is -2.17. The van der Waals surface area contributed by atoms with Crippen molar-refractivity contribution in [1.29, 1.82) is 0 Å². The van der Waals surface area contributed by atoms with Gasteiger partial charge in [-0.25, -0.2) is 0 Å². The molecule has 0 spiro atoms. The Bertz CT molecular complexity index is 643. The fraction of sp³-hybridized carbons (Fsp3) is 0.200. The van der Waals surface area contributed by atoms with Crippen molar-refractivity contribution in [3.05, 3.63) is 61.0 Å². The highest BCUT2D eigenvalue weighted by atomic mass is 79.9. The van der Waals surface area contributed by atoms with Crippen molar-refractivity contribution in [2.75, 3.05) is 7.11 Å². The average molecular weight is 483 g/mol. The molecule has 2 rings (SSSR count). The molecule has 0 saturated heterocycles. The van der Waals surface area contributed by atoms with Crippen LogP contribution in [-0.2, 0) is 0 Å². The van der Waals surface area contributed by atoms with Crippen molar-refractivity contribution in [2.45, 2.75) is 11.8 Å². The predicted molar refractivity (Wildman–Crippen MR) is 95.4 cm³/mol. The van der Waals surface area contributed by atoms with E-state index in [1.807, 2.05) is 18.2 Å². The van der Waals surface area contributed by atoms with Gasteiger partial charge in [-0.15, -0.1) is 0 Å². The van der Waals surface area contributed by atoms with E-state index in [9.17, 15) is 0 Å². The van der Waals surface area contributed by atoms with E-state index in [-0.39, 0.29) is 4.83 Å². The molecule has 1 atom stereocenters. The number of methoxy groups -OCH3 is 1. The average Bonchev–Trinajstić information content (AvgIpc) is 2.42. The van der Waals surface area contributed by atoms with Crippen LogP contribution in [-0.4, -0.2) is 7.11 Å². The normalized spacial score (nSPS) is 12.3. The molecule has 1 unspecified atom stereocenters. The molecule has 0 aliphatic rings. The second-order valence-corrected chi connectivity index (χ2v) is 7.43. The van der Waals surface area contributed by atoms with Gasteiger partial charge in [-0.05, 0) is 42.3 Å². The highest BCUT2D eigenvalue weighted by Crippen LogP contribution is 2.42. The fourth-order valence-electron chi connectivity index (χ4n) is 1.92. The maximum Gasteiger partial charge on any atom is 0.125 e. The first-order valence-corrected chi connectivity index (χ1v) is 8.75. The van der Waals surface area contributed by atoms with Crippen molar-refractivity contribution in [3.8, 4) is 5.75 Å². The van der Waals surface area contributed by atoms with E-state index in [2.05, 4.69) is 66.8 Å². The molecule has 2 aromatic rings. The minimum absolute atomic E-state index is 0.0148. The molecule has 0 aliphatic carbocycles. The van der Waals surface area contributed by atoms with Crippen molar-refractivity contribution >= 4 is 59.4 Å². The lowest BCUT2D eigenvalue weighted by atomic mass is 10.0. The smallest absolute Gasteiger partial charge is 0.125 e. The number of hydrogen-bond acceptors (Lipinski definition) is 1. The van der Waals surface area contributed by atoms with Crippen molar-refractivity contribution < 1.29 is 4.74 Å². The monoisotopic (exact) mass is 480 g/mol. The van der Waals surface area contributed by atoms with Crippen LogP contribution in [0.3, 0.4) is 0 Å². The Kier molecular flexibility index (Phi) is 5.57. The predicted octanol–water partition coefficient (Wildman–Crippen LogP) is 6.67. The van der Waals surface area contributed by atoms with Crippen LogP contribution < -0.4 is 4.74 Å². The molecule has 1 nitrogen and oxygen atoms in total. The first-order chi connectivity index (χ1) is 9.43. The molecule has 0 fully saturated rings. The van der Waals surface area contributed by atoms with Crippen LogP contribution in [0.4, 0.5) is 0 Å². The van der Waals surface area contributed by atoms with E-state index in [0.717, 1.165) is 25.8 Å². The van der Waals surface area contributed by atoms with Gasteiger partial charge in [0.15, 0.2) is 0 Å². The zero-order valence-electron chi connectivity index (χ0n) is 10.9. The molecule has 20 heavy (non-hydrogen) atoms. The van der Waals surface area contributed by atoms with Gasteiger partial charge in [0, 0.05) is 19.5 Å². The first kappa shape index (κ1) is 16.3. The third kappa shape index (κ3) is 3.41. The van der Waals surface area contributed by atoms with Crippen LogP contribution in [0.15, 0.2) is 39.3 Å². The van der Waals surface area contributed by atoms with E-state index in [4.69, 9.17) is 16.3 Å². The summed E-state index contributed by atoms with van der Waals surface area (Å²) >= 11 is 17.0. The van der Waals surface area contributed by atoms with Gasteiger partial charge in [-0.3, -0.25) is 0 Å². The van der Waals surface area contributed by atoms with Gasteiger partial charge in [-0.1, -0.05) is 65.5 Å². The number of ether oxygens (including phenoxy) is 1. The summed E-state index contributed by atoms with van der Waals surface area (Å²) in [5, 5.41) is 0.662. The molecule has 5 heteroatoms. The van der Waals surface area contributed by atoms with E-state index in [1.54, 1.807) is 7.11 Å². The number of hydrogen-bond donors (Lipinski definition) is 0. The molecule has 0 saturated carbocycles. The van der Waals surface area contributed by atoms with Gasteiger partial charge in [-0.2, -0.15) is 0 Å². The van der Waals surface area contributed by atoms with Crippen LogP contribution >= 0.6 is 59.4 Å². The number of rotatable bonds is 3. The fourth-order valence-corrected chi connectivity index (χ4v) is 4.19. The molecule has 0 aliphatic heterocycles. The zero-order valence-corrected chi connectivity index (χ0v) is 16.4. The molecule has 0 N–H and O–H groups in total. The van der Waals surface area contributed by atoms with Crippen molar-refractivity contribution in [3.63, 3.8) is 0 Å². The van der Waals surface area contributed by atoms with E-state index in [1.165, 1.54) is 5.56 Å². The Balaban J connectivity index is 2.51. The van der Waals surface area contributed by atoms with Gasteiger partial charge in [0.25, 0.3) is 0 Å². The largest absolute Gasteiger partial charge is 0.496 e. The maximum atomic E-state index is 6.01. The van der Waals surface area contributed by atoms with Crippen LogP contribution in [0, 0.1) is 6.92 Å².